The molecule has 2 aromatic carbocycles. The first-order valence-electron chi connectivity index (χ1n) is 8.20. The zero-order chi connectivity index (χ0) is 18.9. The van der Waals surface area contributed by atoms with Crippen LogP contribution >= 0.6 is 0 Å². The molecule has 1 atom stereocenters. The maximum absolute atomic E-state index is 12.4. The molecule has 0 unspecified atom stereocenters. The van der Waals surface area contributed by atoms with E-state index >= 15 is 0 Å². The van der Waals surface area contributed by atoms with E-state index in [1.54, 1.807) is 19.1 Å². The van der Waals surface area contributed by atoms with Crippen LogP contribution < -0.4 is 14.8 Å². The van der Waals surface area contributed by atoms with Gasteiger partial charge in [-0.2, -0.15) is 8.78 Å². The molecular weight excluding hydrogens is 344 g/mol. The van der Waals surface area contributed by atoms with Gasteiger partial charge in [0.05, 0.1) is 6.61 Å². The Balaban J connectivity index is 2.06. The van der Waals surface area contributed by atoms with Gasteiger partial charge in [-0.15, -0.1) is 0 Å². The molecule has 7 heteroatoms. The summed E-state index contributed by atoms with van der Waals surface area (Å²) < 4.78 is 34.6. The Bertz CT molecular complexity index is 710. The van der Waals surface area contributed by atoms with E-state index in [1.165, 1.54) is 6.07 Å². The average Bonchev–Trinajstić information content (AvgIpc) is 2.61. The van der Waals surface area contributed by atoms with E-state index in [0.717, 1.165) is 5.56 Å². The van der Waals surface area contributed by atoms with Crippen LogP contribution in [0.5, 0.6) is 11.5 Å². The lowest BCUT2D eigenvalue weighted by Gasteiger charge is -2.16. The number of hydrogen-bond donors (Lipinski definition) is 2. The average molecular weight is 365 g/mol. The van der Waals surface area contributed by atoms with Crippen LogP contribution in [-0.4, -0.2) is 30.3 Å². The minimum atomic E-state index is -2.94. The molecule has 0 saturated heterocycles. The van der Waals surface area contributed by atoms with Gasteiger partial charge in [-0.1, -0.05) is 36.4 Å². The molecule has 2 aromatic rings. The molecule has 2 N–H and O–H groups in total. The first-order chi connectivity index (χ1) is 12.5. The molecular formula is C19H21F2NO4. The number of carboxylic acids is 1. The van der Waals surface area contributed by atoms with Crippen LogP contribution in [0.2, 0.25) is 0 Å². The van der Waals surface area contributed by atoms with Crippen molar-refractivity contribution in [2.75, 3.05) is 6.61 Å². The molecule has 140 valence electrons. The second kappa shape index (κ2) is 9.72. The standard InChI is InChI=1S/C19H21F2NO4/c1-2-25-17-11-14(8-9-16(17)26-19(20)21)12-22-15(18(23)24)10-13-6-4-3-5-7-13/h3-9,11,15,19,22H,2,10,12H2,1H3,(H,23,24)/t15-/m1/s1. The molecule has 0 aliphatic rings. The second-order valence-electron chi connectivity index (χ2n) is 5.55. The van der Waals surface area contributed by atoms with E-state index in [-0.39, 0.29) is 18.0 Å². The topological polar surface area (TPSA) is 67.8 Å². The highest BCUT2D eigenvalue weighted by atomic mass is 19.3. The molecule has 0 amide bonds. The summed E-state index contributed by atoms with van der Waals surface area (Å²) in [6.45, 7) is -0.668. The van der Waals surface area contributed by atoms with Crippen LogP contribution in [0.25, 0.3) is 0 Å². The lowest BCUT2D eigenvalue weighted by molar-refractivity contribution is -0.139. The smallest absolute Gasteiger partial charge is 0.387 e. The van der Waals surface area contributed by atoms with Crippen molar-refractivity contribution in [3.63, 3.8) is 0 Å². The molecule has 5 nitrogen and oxygen atoms in total. The number of benzene rings is 2. The fourth-order valence-electron chi connectivity index (χ4n) is 2.46. The maximum atomic E-state index is 12.4. The van der Waals surface area contributed by atoms with Gasteiger partial charge in [0, 0.05) is 6.54 Å². The van der Waals surface area contributed by atoms with Crippen molar-refractivity contribution >= 4 is 5.97 Å². The third kappa shape index (κ3) is 6.00. The normalized spacial score (nSPS) is 12.0. The van der Waals surface area contributed by atoms with E-state index in [1.807, 2.05) is 30.3 Å². The number of hydrogen-bond acceptors (Lipinski definition) is 4. The van der Waals surface area contributed by atoms with Crippen molar-refractivity contribution in [3.05, 3.63) is 59.7 Å². The highest BCUT2D eigenvalue weighted by molar-refractivity contribution is 5.73. The minimum absolute atomic E-state index is 0.0512. The van der Waals surface area contributed by atoms with Crippen molar-refractivity contribution in [2.45, 2.75) is 32.5 Å². The molecule has 0 fully saturated rings. The lowest BCUT2D eigenvalue weighted by atomic mass is 10.1. The van der Waals surface area contributed by atoms with Gasteiger partial charge in [0.1, 0.15) is 6.04 Å². The van der Waals surface area contributed by atoms with Gasteiger partial charge in [-0.3, -0.25) is 4.79 Å². The van der Waals surface area contributed by atoms with Crippen LogP contribution in [0.15, 0.2) is 48.5 Å². The Morgan fingerprint density at radius 3 is 2.46 bits per heavy atom. The van der Waals surface area contributed by atoms with Crippen molar-refractivity contribution in [1.82, 2.24) is 5.32 Å². The third-order valence-electron chi connectivity index (χ3n) is 3.66. The summed E-state index contributed by atoms with van der Waals surface area (Å²) in [5.41, 5.74) is 1.61. The van der Waals surface area contributed by atoms with Crippen LogP contribution in [-0.2, 0) is 17.8 Å². The summed E-state index contributed by atoms with van der Waals surface area (Å²) >= 11 is 0. The Kier molecular flexibility index (Phi) is 7.35. The van der Waals surface area contributed by atoms with Crippen molar-refractivity contribution < 1.29 is 28.2 Å². The molecule has 0 saturated carbocycles. The van der Waals surface area contributed by atoms with E-state index in [9.17, 15) is 18.7 Å². The lowest BCUT2D eigenvalue weighted by Crippen LogP contribution is -2.38. The highest BCUT2D eigenvalue weighted by Gasteiger charge is 2.18. The first kappa shape index (κ1) is 19.7. The SMILES string of the molecule is CCOc1cc(CN[C@H](Cc2ccccc2)C(=O)O)ccc1OC(F)F. The van der Waals surface area contributed by atoms with Crippen LogP contribution in [0, 0.1) is 0 Å². The molecule has 0 aliphatic heterocycles. The predicted molar refractivity (Wildman–Crippen MR) is 92.7 cm³/mol. The molecule has 0 aromatic heterocycles. The summed E-state index contributed by atoms with van der Waals surface area (Å²) in [6.07, 6.45) is 0.334. The Morgan fingerprint density at radius 2 is 1.85 bits per heavy atom. The van der Waals surface area contributed by atoms with E-state index < -0.39 is 18.6 Å². The fourth-order valence-corrected chi connectivity index (χ4v) is 2.46. The van der Waals surface area contributed by atoms with Gasteiger partial charge in [0.15, 0.2) is 11.5 Å². The van der Waals surface area contributed by atoms with E-state index in [0.29, 0.717) is 18.6 Å². The monoisotopic (exact) mass is 365 g/mol. The van der Waals surface area contributed by atoms with Crippen LogP contribution in [0.4, 0.5) is 8.78 Å². The number of ether oxygens (including phenoxy) is 2. The summed E-state index contributed by atoms with van der Waals surface area (Å²) in [5.74, 6) is -0.816. The van der Waals surface area contributed by atoms with Crippen molar-refractivity contribution in [3.8, 4) is 11.5 Å². The summed E-state index contributed by atoms with van der Waals surface area (Å²) in [7, 11) is 0. The van der Waals surface area contributed by atoms with Crippen molar-refractivity contribution in [2.24, 2.45) is 0 Å². The summed E-state index contributed by atoms with van der Waals surface area (Å²) in [4.78, 5) is 11.5. The molecule has 0 radical (unpaired) electrons. The zero-order valence-corrected chi connectivity index (χ0v) is 14.3. The molecule has 0 spiro atoms. The Morgan fingerprint density at radius 1 is 1.12 bits per heavy atom. The van der Waals surface area contributed by atoms with Gasteiger partial charge in [-0.05, 0) is 36.6 Å². The van der Waals surface area contributed by atoms with Gasteiger partial charge >= 0.3 is 12.6 Å². The number of aliphatic carboxylic acids is 1. The van der Waals surface area contributed by atoms with Gasteiger partial charge in [0.2, 0.25) is 0 Å². The molecule has 2 rings (SSSR count). The van der Waals surface area contributed by atoms with Gasteiger partial charge in [-0.25, -0.2) is 0 Å². The summed E-state index contributed by atoms with van der Waals surface area (Å²) in [6, 6.07) is 13.1. The summed E-state index contributed by atoms with van der Waals surface area (Å²) in [5, 5.41) is 12.4. The molecule has 0 bridgehead atoms. The number of carbonyl (C=O) groups is 1. The Labute approximate surface area is 150 Å². The highest BCUT2D eigenvalue weighted by Crippen LogP contribution is 2.29. The number of carboxylic acid groups (broad SMARTS) is 1. The quantitative estimate of drug-likeness (QED) is 0.675. The largest absolute Gasteiger partial charge is 0.490 e. The van der Waals surface area contributed by atoms with Crippen LogP contribution in [0.1, 0.15) is 18.1 Å². The van der Waals surface area contributed by atoms with E-state index in [2.05, 4.69) is 10.1 Å². The van der Waals surface area contributed by atoms with E-state index in [4.69, 9.17) is 4.74 Å². The van der Waals surface area contributed by atoms with Gasteiger partial charge in [0.25, 0.3) is 0 Å². The second-order valence-corrected chi connectivity index (χ2v) is 5.55. The fraction of sp³-hybridized carbons (Fsp3) is 0.316. The van der Waals surface area contributed by atoms with Crippen molar-refractivity contribution in [1.29, 1.82) is 0 Å². The van der Waals surface area contributed by atoms with Crippen LogP contribution in [0.3, 0.4) is 0 Å². The maximum Gasteiger partial charge on any atom is 0.387 e. The molecule has 0 aliphatic carbocycles. The molecule has 0 heterocycles. The number of alkyl halides is 2. The number of halogens is 2. The predicted octanol–water partition coefficient (Wildman–Crippen LogP) is 3.47. The number of nitrogens with one attached hydrogen (secondary N) is 1. The third-order valence-corrected chi connectivity index (χ3v) is 3.66. The molecule has 26 heavy (non-hydrogen) atoms. The first-order valence-corrected chi connectivity index (χ1v) is 8.20. The zero-order valence-electron chi connectivity index (χ0n) is 14.3. The van der Waals surface area contributed by atoms with Gasteiger partial charge < -0.3 is 19.9 Å². The minimum Gasteiger partial charge on any atom is -0.490 e. The number of rotatable bonds is 10. The Hall–Kier alpha value is -2.67.